The van der Waals surface area contributed by atoms with Crippen LogP contribution in [0.1, 0.15) is 67.1 Å². The van der Waals surface area contributed by atoms with E-state index in [-0.39, 0.29) is 28.4 Å². The highest BCUT2D eigenvalue weighted by atomic mass is 32.2. The lowest BCUT2D eigenvalue weighted by Gasteiger charge is -2.19. The van der Waals surface area contributed by atoms with E-state index in [1.54, 1.807) is 42.5 Å². The molecule has 0 atom stereocenters. The summed E-state index contributed by atoms with van der Waals surface area (Å²) >= 11 is 0. The van der Waals surface area contributed by atoms with Gasteiger partial charge < -0.3 is 10.1 Å². The third-order valence-corrected chi connectivity index (χ3v) is 8.89. The first kappa shape index (κ1) is 28.5. The topological polar surface area (TPSA) is 92.8 Å². The molecule has 1 N–H and O–H groups in total. The maximum atomic E-state index is 13.1. The zero-order chi connectivity index (χ0) is 28.2. The van der Waals surface area contributed by atoms with Crippen molar-refractivity contribution in [3.05, 3.63) is 89.0 Å². The number of rotatable bonds is 9. The number of amides is 1. The van der Waals surface area contributed by atoms with Crippen LogP contribution >= 0.6 is 0 Å². The number of anilines is 1. The predicted molar refractivity (Wildman–Crippen MR) is 153 cm³/mol. The zero-order valence-corrected chi connectivity index (χ0v) is 23.8. The molecule has 0 aromatic heterocycles. The average Bonchev–Trinajstić information content (AvgIpc) is 3.47. The lowest BCUT2D eigenvalue weighted by molar-refractivity contribution is -0.116. The van der Waals surface area contributed by atoms with Crippen molar-refractivity contribution in [3.63, 3.8) is 0 Å². The normalized spacial score (nSPS) is 14.3. The molecular weight excluding hydrogens is 512 g/mol. The molecule has 0 bridgehead atoms. The van der Waals surface area contributed by atoms with Crippen LogP contribution < -0.4 is 10.1 Å². The van der Waals surface area contributed by atoms with Crippen LogP contribution in [0.25, 0.3) is 0 Å². The quantitative estimate of drug-likeness (QED) is 0.353. The molecule has 1 aliphatic heterocycles. The fourth-order valence-electron chi connectivity index (χ4n) is 4.69. The van der Waals surface area contributed by atoms with Crippen LogP contribution in [0.15, 0.2) is 71.6 Å². The molecule has 0 saturated carbocycles. The van der Waals surface area contributed by atoms with Crippen LogP contribution in [0, 0.1) is 0 Å². The molecule has 3 aromatic rings. The number of sulfonamides is 1. The van der Waals surface area contributed by atoms with Gasteiger partial charge in [0.1, 0.15) is 5.75 Å². The van der Waals surface area contributed by atoms with Gasteiger partial charge in [-0.2, -0.15) is 4.31 Å². The minimum Gasteiger partial charge on any atom is -0.496 e. The van der Waals surface area contributed by atoms with Crippen molar-refractivity contribution in [2.24, 2.45) is 0 Å². The molecule has 0 spiro atoms. The molecule has 1 fully saturated rings. The summed E-state index contributed by atoms with van der Waals surface area (Å²) in [4.78, 5) is 26.1. The predicted octanol–water partition coefficient (Wildman–Crippen LogP) is 5.58. The smallest absolute Gasteiger partial charge is 0.243 e. The number of hydrogen-bond donors (Lipinski definition) is 1. The summed E-state index contributed by atoms with van der Waals surface area (Å²) in [5, 5.41) is 2.86. The number of carbonyl (C=O) groups is 2. The van der Waals surface area contributed by atoms with Gasteiger partial charge in [-0.05, 0) is 66.1 Å². The van der Waals surface area contributed by atoms with Gasteiger partial charge in [-0.15, -0.1) is 0 Å². The first-order valence-electron chi connectivity index (χ1n) is 13.2. The number of ether oxygens (including phenoxy) is 1. The number of hydrogen-bond acceptors (Lipinski definition) is 5. The Balaban J connectivity index is 1.42. The molecule has 1 heterocycles. The monoisotopic (exact) mass is 548 g/mol. The van der Waals surface area contributed by atoms with Crippen LogP contribution in [0.5, 0.6) is 5.75 Å². The highest BCUT2D eigenvalue weighted by Crippen LogP contribution is 2.28. The summed E-state index contributed by atoms with van der Waals surface area (Å²) in [6.45, 7) is 7.42. The Bertz CT molecular complexity index is 1450. The van der Waals surface area contributed by atoms with Gasteiger partial charge in [0.15, 0.2) is 5.78 Å². The van der Waals surface area contributed by atoms with Crippen LogP contribution in [-0.4, -0.2) is 44.6 Å². The summed E-state index contributed by atoms with van der Waals surface area (Å²) in [5.74, 6) is 0.171. The summed E-state index contributed by atoms with van der Waals surface area (Å²) in [5.41, 5.74) is 3.39. The van der Waals surface area contributed by atoms with E-state index < -0.39 is 10.0 Å². The first-order chi connectivity index (χ1) is 18.5. The van der Waals surface area contributed by atoms with Crippen molar-refractivity contribution in [3.8, 4) is 5.75 Å². The van der Waals surface area contributed by atoms with Gasteiger partial charge in [0.25, 0.3) is 0 Å². The van der Waals surface area contributed by atoms with Gasteiger partial charge in [0.2, 0.25) is 15.9 Å². The Hall–Kier alpha value is -3.49. The molecule has 1 saturated heterocycles. The molecule has 206 valence electrons. The van der Waals surface area contributed by atoms with E-state index in [9.17, 15) is 18.0 Å². The van der Waals surface area contributed by atoms with E-state index in [2.05, 4.69) is 26.1 Å². The molecule has 1 amide bonds. The molecule has 4 rings (SSSR count). The van der Waals surface area contributed by atoms with Gasteiger partial charge >= 0.3 is 0 Å². The number of carbonyl (C=O) groups excluding carboxylic acids is 2. The number of nitrogens with one attached hydrogen (secondary N) is 1. The lowest BCUT2D eigenvalue weighted by Crippen LogP contribution is -2.28. The van der Waals surface area contributed by atoms with E-state index in [0.29, 0.717) is 47.6 Å². The van der Waals surface area contributed by atoms with Crippen molar-refractivity contribution in [2.45, 2.75) is 56.8 Å². The molecule has 0 aliphatic carbocycles. The Morgan fingerprint density at radius 3 is 2.26 bits per heavy atom. The van der Waals surface area contributed by atoms with Crippen LogP contribution in [-0.2, 0) is 26.7 Å². The summed E-state index contributed by atoms with van der Waals surface area (Å²) in [6.07, 6.45) is 2.14. The standard InChI is InChI=1S/C31H36N2O5S/c1-31(2,3)25-13-10-22(11-14-25)30(35)24-8-7-9-26(20-24)32-29(34)17-12-23-21-27(15-16-28(23)38-4)39(36,37)33-18-5-6-19-33/h7-11,13-16,20-21H,5-6,12,17-19H2,1-4H3,(H,32,34). The SMILES string of the molecule is COc1ccc(S(=O)(=O)N2CCCC2)cc1CCC(=O)Nc1cccc(C(=O)c2ccc(C(C)(C)C)cc2)c1. The number of benzene rings is 3. The minimum absolute atomic E-state index is 0.000743. The van der Waals surface area contributed by atoms with E-state index in [0.717, 1.165) is 18.4 Å². The first-order valence-corrected chi connectivity index (χ1v) is 14.7. The van der Waals surface area contributed by atoms with Crippen molar-refractivity contribution < 1.29 is 22.7 Å². The summed E-state index contributed by atoms with van der Waals surface area (Å²) < 4.78 is 32.9. The van der Waals surface area contributed by atoms with Crippen LogP contribution in [0.4, 0.5) is 5.69 Å². The second kappa shape index (κ2) is 11.7. The number of aryl methyl sites for hydroxylation is 1. The van der Waals surface area contributed by atoms with E-state index in [1.165, 1.54) is 11.4 Å². The van der Waals surface area contributed by atoms with Gasteiger partial charge in [-0.25, -0.2) is 8.42 Å². The van der Waals surface area contributed by atoms with E-state index in [4.69, 9.17) is 4.74 Å². The second-order valence-electron chi connectivity index (χ2n) is 10.9. The molecule has 7 nitrogen and oxygen atoms in total. The Labute approximate surface area is 231 Å². The molecule has 3 aromatic carbocycles. The lowest BCUT2D eigenvalue weighted by atomic mass is 9.86. The van der Waals surface area contributed by atoms with Crippen LogP contribution in [0.3, 0.4) is 0 Å². The highest BCUT2D eigenvalue weighted by molar-refractivity contribution is 7.89. The Morgan fingerprint density at radius 1 is 0.923 bits per heavy atom. The van der Waals surface area contributed by atoms with Crippen molar-refractivity contribution >= 4 is 27.4 Å². The number of ketones is 1. The molecule has 8 heteroatoms. The highest BCUT2D eigenvalue weighted by Gasteiger charge is 2.28. The van der Waals surface area contributed by atoms with Crippen molar-refractivity contribution in [2.75, 3.05) is 25.5 Å². The van der Waals surface area contributed by atoms with Gasteiger partial charge in [-0.3, -0.25) is 9.59 Å². The van der Waals surface area contributed by atoms with E-state index >= 15 is 0 Å². The van der Waals surface area contributed by atoms with Gasteiger partial charge in [0.05, 0.1) is 12.0 Å². The largest absolute Gasteiger partial charge is 0.496 e. The number of nitrogens with zero attached hydrogens (tertiary/aromatic N) is 1. The fourth-order valence-corrected chi connectivity index (χ4v) is 6.25. The fraction of sp³-hybridized carbons (Fsp3) is 0.355. The van der Waals surface area contributed by atoms with Crippen molar-refractivity contribution in [1.82, 2.24) is 4.31 Å². The summed E-state index contributed by atoms with van der Waals surface area (Å²) in [6, 6.07) is 19.3. The van der Waals surface area contributed by atoms with Gasteiger partial charge in [0, 0.05) is 36.3 Å². The average molecular weight is 549 g/mol. The maximum absolute atomic E-state index is 13.1. The Morgan fingerprint density at radius 2 is 1.62 bits per heavy atom. The van der Waals surface area contributed by atoms with Crippen LogP contribution in [0.2, 0.25) is 0 Å². The molecule has 0 radical (unpaired) electrons. The third kappa shape index (κ3) is 6.75. The van der Waals surface area contributed by atoms with Crippen molar-refractivity contribution in [1.29, 1.82) is 0 Å². The minimum atomic E-state index is -3.57. The maximum Gasteiger partial charge on any atom is 0.243 e. The molecule has 1 aliphatic rings. The number of methoxy groups -OCH3 is 1. The zero-order valence-electron chi connectivity index (χ0n) is 23.0. The summed E-state index contributed by atoms with van der Waals surface area (Å²) in [7, 11) is -2.05. The molecule has 0 unspecified atom stereocenters. The Kier molecular flexibility index (Phi) is 8.57. The third-order valence-electron chi connectivity index (χ3n) is 7.00. The van der Waals surface area contributed by atoms with Gasteiger partial charge in [-0.1, -0.05) is 57.2 Å². The second-order valence-corrected chi connectivity index (χ2v) is 12.8. The van der Waals surface area contributed by atoms with E-state index in [1.807, 2.05) is 24.3 Å². The molecule has 39 heavy (non-hydrogen) atoms. The molecular formula is C31H36N2O5S.